The molecule has 0 bridgehead atoms. The summed E-state index contributed by atoms with van der Waals surface area (Å²) in [7, 11) is 1.67. The number of hydrogen-bond donors (Lipinski definition) is 1. The van der Waals surface area contributed by atoms with E-state index in [0.717, 1.165) is 33.0 Å². The Morgan fingerprint density at radius 3 is 2.40 bits per heavy atom. The van der Waals surface area contributed by atoms with Gasteiger partial charge in [0, 0.05) is 16.6 Å². The topological polar surface area (TPSA) is 35.2 Å². The van der Waals surface area contributed by atoms with Gasteiger partial charge in [-0.3, -0.25) is 0 Å². The molecule has 2 aromatic carbocycles. The zero-order valence-corrected chi connectivity index (χ0v) is 12.9. The van der Waals surface area contributed by atoms with Crippen LogP contribution in [-0.2, 0) is 6.42 Å². The third-order valence-electron chi connectivity index (χ3n) is 3.44. The van der Waals surface area contributed by atoms with Gasteiger partial charge in [0.25, 0.3) is 0 Å². The predicted octanol–water partition coefficient (Wildman–Crippen LogP) is 4.21. The molecule has 2 aromatic rings. The molecule has 20 heavy (non-hydrogen) atoms. The molecule has 2 nitrogen and oxygen atoms in total. The first-order valence-electron chi connectivity index (χ1n) is 6.66. The molecule has 2 N–H and O–H groups in total. The van der Waals surface area contributed by atoms with Crippen molar-refractivity contribution in [3.05, 3.63) is 63.7 Å². The fourth-order valence-corrected chi connectivity index (χ4v) is 2.60. The van der Waals surface area contributed by atoms with Gasteiger partial charge in [-0.15, -0.1) is 0 Å². The quantitative estimate of drug-likeness (QED) is 0.915. The number of hydrogen-bond acceptors (Lipinski definition) is 2. The lowest BCUT2D eigenvalue weighted by atomic mass is 9.97. The average Bonchev–Trinajstić information content (AvgIpc) is 2.41. The number of halogens is 1. The summed E-state index contributed by atoms with van der Waals surface area (Å²) in [6.07, 6.45) is 0.693. The van der Waals surface area contributed by atoms with Crippen molar-refractivity contribution in [2.75, 3.05) is 7.11 Å². The lowest BCUT2D eigenvalue weighted by molar-refractivity contribution is 0.405. The number of nitrogens with two attached hydrogens (primary N) is 1. The van der Waals surface area contributed by atoms with Gasteiger partial charge < -0.3 is 10.5 Å². The van der Waals surface area contributed by atoms with E-state index >= 15 is 0 Å². The molecule has 106 valence electrons. The maximum Gasteiger partial charge on any atom is 0.123 e. The second-order valence-corrected chi connectivity index (χ2v) is 5.56. The number of benzene rings is 2. The Morgan fingerprint density at radius 2 is 1.75 bits per heavy atom. The number of ether oxygens (including phenoxy) is 1. The third-order valence-corrected chi connectivity index (χ3v) is 3.79. The fraction of sp³-hybridized carbons (Fsp3) is 0.294. The van der Waals surface area contributed by atoms with Crippen LogP contribution in [0, 0.1) is 13.8 Å². The van der Waals surface area contributed by atoms with Crippen LogP contribution in [0.5, 0.6) is 5.75 Å². The van der Waals surface area contributed by atoms with E-state index in [2.05, 4.69) is 12.1 Å². The van der Waals surface area contributed by atoms with Crippen LogP contribution in [0.15, 0.2) is 36.4 Å². The minimum absolute atomic E-state index is 0.134. The minimum atomic E-state index is -0.134. The molecule has 0 aliphatic carbocycles. The van der Waals surface area contributed by atoms with Gasteiger partial charge in [-0.2, -0.15) is 0 Å². The van der Waals surface area contributed by atoms with Crippen LogP contribution in [0.2, 0.25) is 5.02 Å². The van der Waals surface area contributed by atoms with Crippen molar-refractivity contribution in [3.8, 4) is 5.75 Å². The lowest BCUT2D eigenvalue weighted by Gasteiger charge is -2.17. The van der Waals surface area contributed by atoms with Crippen LogP contribution >= 0.6 is 11.6 Å². The summed E-state index contributed by atoms with van der Waals surface area (Å²) in [4.78, 5) is 0. The summed E-state index contributed by atoms with van der Waals surface area (Å²) in [6, 6.07) is 12.0. The Hall–Kier alpha value is -1.51. The summed E-state index contributed by atoms with van der Waals surface area (Å²) in [5, 5.41) is 0.770. The van der Waals surface area contributed by atoms with Gasteiger partial charge in [0.1, 0.15) is 5.75 Å². The fourth-order valence-electron chi connectivity index (χ4n) is 2.29. The zero-order chi connectivity index (χ0) is 14.7. The molecule has 0 saturated heterocycles. The van der Waals surface area contributed by atoms with Gasteiger partial charge in [0.15, 0.2) is 0 Å². The first-order chi connectivity index (χ1) is 9.51. The highest BCUT2D eigenvalue weighted by molar-refractivity contribution is 6.31. The van der Waals surface area contributed by atoms with Gasteiger partial charge in [-0.1, -0.05) is 35.9 Å². The van der Waals surface area contributed by atoms with Gasteiger partial charge in [0.2, 0.25) is 0 Å². The molecular weight excluding hydrogens is 270 g/mol. The monoisotopic (exact) mass is 289 g/mol. The smallest absolute Gasteiger partial charge is 0.123 e. The van der Waals surface area contributed by atoms with Crippen molar-refractivity contribution >= 4 is 11.6 Å². The molecular formula is C17H20ClNO. The van der Waals surface area contributed by atoms with E-state index in [4.69, 9.17) is 22.1 Å². The zero-order valence-electron chi connectivity index (χ0n) is 12.1. The van der Waals surface area contributed by atoms with Crippen molar-refractivity contribution in [3.63, 3.8) is 0 Å². The summed E-state index contributed by atoms with van der Waals surface area (Å²) in [6.45, 7) is 4.06. The minimum Gasteiger partial charge on any atom is -0.496 e. The van der Waals surface area contributed by atoms with Crippen molar-refractivity contribution in [2.45, 2.75) is 26.3 Å². The van der Waals surface area contributed by atoms with Crippen molar-refractivity contribution in [1.29, 1.82) is 0 Å². The number of rotatable bonds is 4. The summed E-state index contributed by atoms with van der Waals surface area (Å²) < 4.78 is 5.42. The van der Waals surface area contributed by atoms with E-state index in [1.54, 1.807) is 7.11 Å². The largest absolute Gasteiger partial charge is 0.496 e. The van der Waals surface area contributed by atoms with E-state index in [-0.39, 0.29) is 6.04 Å². The lowest BCUT2D eigenvalue weighted by Crippen LogP contribution is -2.15. The van der Waals surface area contributed by atoms with Gasteiger partial charge in [0.05, 0.1) is 7.11 Å². The third kappa shape index (κ3) is 3.33. The molecule has 0 amide bonds. The maximum atomic E-state index is 6.32. The molecule has 0 radical (unpaired) electrons. The molecule has 0 saturated carbocycles. The van der Waals surface area contributed by atoms with Crippen LogP contribution in [0.4, 0.5) is 0 Å². The van der Waals surface area contributed by atoms with Gasteiger partial charge in [-0.05, 0) is 49.1 Å². The highest BCUT2D eigenvalue weighted by Gasteiger charge is 2.14. The van der Waals surface area contributed by atoms with Gasteiger partial charge >= 0.3 is 0 Å². The standard InChI is InChI=1S/C17H20ClNO/c1-11-4-6-13(15(18)8-11)10-16(19)14-7-5-12(2)9-17(14)20-3/h4-9,16H,10,19H2,1-3H3. The number of methoxy groups -OCH3 is 1. The molecule has 2 rings (SSSR count). The normalized spacial score (nSPS) is 12.2. The summed E-state index contributed by atoms with van der Waals surface area (Å²) in [5.41, 5.74) is 10.7. The van der Waals surface area contributed by atoms with Gasteiger partial charge in [-0.25, -0.2) is 0 Å². The van der Waals surface area contributed by atoms with Crippen molar-refractivity contribution < 1.29 is 4.74 Å². The molecule has 3 heteroatoms. The summed E-state index contributed by atoms with van der Waals surface area (Å²) >= 11 is 6.27. The second kappa shape index (κ2) is 6.29. The van der Waals surface area contributed by atoms with Crippen LogP contribution in [0.1, 0.15) is 28.3 Å². The molecule has 0 aliphatic rings. The van der Waals surface area contributed by atoms with Crippen LogP contribution in [0.25, 0.3) is 0 Å². The summed E-state index contributed by atoms with van der Waals surface area (Å²) in [5.74, 6) is 0.834. The second-order valence-electron chi connectivity index (χ2n) is 5.15. The molecule has 0 heterocycles. The van der Waals surface area contributed by atoms with Crippen LogP contribution in [0.3, 0.4) is 0 Å². The van der Waals surface area contributed by atoms with Crippen LogP contribution in [-0.4, -0.2) is 7.11 Å². The highest BCUT2D eigenvalue weighted by Crippen LogP contribution is 2.29. The molecule has 0 aromatic heterocycles. The Balaban J connectivity index is 2.25. The Kier molecular flexibility index (Phi) is 4.69. The average molecular weight is 290 g/mol. The van der Waals surface area contributed by atoms with E-state index in [1.807, 2.05) is 38.1 Å². The van der Waals surface area contributed by atoms with Crippen LogP contribution < -0.4 is 10.5 Å². The molecule has 1 unspecified atom stereocenters. The number of aryl methyl sites for hydroxylation is 2. The Bertz CT molecular complexity index is 610. The van der Waals surface area contributed by atoms with E-state index < -0.39 is 0 Å². The Morgan fingerprint density at radius 1 is 1.10 bits per heavy atom. The van der Waals surface area contributed by atoms with Crippen molar-refractivity contribution in [2.24, 2.45) is 5.73 Å². The van der Waals surface area contributed by atoms with E-state index in [0.29, 0.717) is 6.42 Å². The Labute approximate surface area is 125 Å². The van der Waals surface area contributed by atoms with E-state index in [9.17, 15) is 0 Å². The molecule has 0 spiro atoms. The highest BCUT2D eigenvalue weighted by atomic mass is 35.5. The molecule has 0 fully saturated rings. The first-order valence-corrected chi connectivity index (χ1v) is 7.04. The predicted molar refractivity (Wildman–Crippen MR) is 84.6 cm³/mol. The SMILES string of the molecule is COc1cc(C)ccc1C(N)Cc1ccc(C)cc1Cl. The maximum absolute atomic E-state index is 6.32. The molecule has 1 atom stereocenters. The molecule has 0 aliphatic heterocycles. The van der Waals surface area contributed by atoms with E-state index in [1.165, 1.54) is 0 Å². The van der Waals surface area contributed by atoms with Crippen molar-refractivity contribution in [1.82, 2.24) is 0 Å². The first kappa shape index (κ1) is 14.9.